The third kappa shape index (κ3) is 5.98. The summed E-state index contributed by atoms with van der Waals surface area (Å²) in [5.74, 6) is 0. The lowest BCUT2D eigenvalue weighted by molar-refractivity contribution is 0.668. The Morgan fingerprint density at radius 1 is 0.279 bits per heavy atom. The second-order valence-electron chi connectivity index (χ2n) is 15.6. The van der Waals surface area contributed by atoms with Gasteiger partial charge in [0.15, 0.2) is 0 Å². The Labute approximate surface area is 353 Å². The van der Waals surface area contributed by atoms with Crippen molar-refractivity contribution in [3.63, 3.8) is 0 Å². The van der Waals surface area contributed by atoms with Crippen molar-refractivity contribution in [1.29, 1.82) is 0 Å². The number of hydrogen-bond donors (Lipinski definition) is 0. The molecule has 0 amide bonds. The molecule has 10 aromatic carbocycles. The van der Waals surface area contributed by atoms with E-state index in [2.05, 4.69) is 205 Å². The van der Waals surface area contributed by atoms with Crippen molar-refractivity contribution in [2.75, 3.05) is 4.90 Å². The van der Waals surface area contributed by atoms with E-state index in [1.807, 2.05) is 24.3 Å². The highest BCUT2D eigenvalue weighted by Gasteiger charge is 2.20. The van der Waals surface area contributed by atoms with Crippen LogP contribution in [0.5, 0.6) is 0 Å². The molecule has 0 aliphatic rings. The smallest absolute Gasteiger partial charge is 0.136 e. The van der Waals surface area contributed by atoms with Crippen LogP contribution >= 0.6 is 0 Å². The quantitative estimate of drug-likeness (QED) is 0.161. The van der Waals surface area contributed by atoms with Crippen molar-refractivity contribution in [3.05, 3.63) is 224 Å². The average Bonchev–Trinajstić information content (AvgIpc) is 3.90. The zero-order valence-electron chi connectivity index (χ0n) is 33.1. The molecular formula is C58H37NO2. The lowest BCUT2D eigenvalue weighted by Crippen LogP contribution is -2.11. The van der Waals surface area contributed by atoms with Gasteiger partial charge < -0.3 is 13.7 Å². The number of fused-ring (bicyclic) bond motifs is 7. The van der Waals surface area contributed by atoms with Crippen molar-refractivity contribution in [3.8, 4) is 44.5 Å². The number of furan rings is 2. The minimum atomic E-state index is 0.892. The first kappa shape index (κ1) is 34.9. The molecule has 0 unspecified atom stereocenters. The molecule has 61 heavy (non-hydrogen) atoms. The van der Waals surface area contributed by atoms with E-state index in [-0.39, 0.29) is 0 Å². The van der Waals surface area contributed by atoms with Crippen LogP contribution in [0.4, 0.5) is 17.1 Å². The highest BCUT2D eigenvalue weighted by molar-refractivity contribution is 6.10. The van der Waals surface area contributed by atoms with Gasteiger partial charge in [-0.1, -0.05) is 158 Å². The van der Waals surface area contributed by atoms with Gasteiger partial charge in [0.2, 0.25) is 0 Å². The Kier molecular flexibility index (Phi) is 8.17. The minimum Gasteiger partial charge on any atom is -0.456 e. The predicted molar refractivity (Wildman–Crippen MR) is 255 cm³/mol. The van der Waals surface area contributed by atoms with Crippen LogP contribution in [0.1, 0.15) is 0 Å². The normalized spacial score (nSPS) is 11.6. The van der Waals surface area contributed by atoms with Crippen LogP contribution < -0.4 is 4.90 Å². The van der Waals surface area contributed by atoms with Crippen molar-refractivity contribution < 1.29 is 8.83 Å². The molecule has 3 nitrogen and oxygen atoms in total. The summed E-state index contributed by atoms with van der Waals surface area (Å²) in [7, 11) is 0. The van der Waals surface area contributed by atoms with Gasteiger partial charge in [0.05, 0.1) is 5.69 Å². The van der Waals surface area contributed by atoms with E-state index in [1.165, 1.54) is 27.5 Å². The Balaban J connectivity index is 0.999. The molecule has 0 aliphatic heterocycles. The standard InChI is InChI=1S/C58H37NO2/c1-2-12-40(13-3-1)46-19-10-14-41-15-11-20-51(58(41)46)47-16-4-7-21-53(47)59(44-30-24-38(25-31-44)42-29-35-56-52(36-42)49-18-6-9-23-55(49)60-56)45-32-26-39(27-33-45)43-28-34-50-48-17-5-8-22-54(48)61-57(50)37-43/h1-37H. The Bertz CT molecular complexity index is 3570. The Morgan fingerprint density at radius 2 is 0.787 bits per heavy atom. The van der Waals surface area contributed by atoms with Gasteiger partial charge in [0, 0.05) is 38.5 Å². The molecule has 0 radical (unpaired) electrons. The number of anilines is 3. The summed E-state index contributed by atoms with van der Waals surface area (Å²) in [6.45, 7) is 0. The molecule has 0 fully saturated rings. The van der Waals surface area contributed by atoms with Gasteiger partial charge in [0.25, 0.3) is 0 Å². The topological polar surface area (TPSA) is 29.5 Å². The highest BCUT2D eigenvalue weighted by atomic mass is 16.3. The van der Waals surface area contributed by atoms with E-state index in [4.69, 9.17) is 8.83 Å². The van der Waals surface area contributed by atoms with Gasteiger partial charge >= 0.3 is 0 Å². The summed E-state index contributed by atoms with van der Waals surface area (Å²) < 4.78 is 12.4. The molecule has 0 saturated carbocycles. The summed E-state index contributed by atoms with van der Waals surface area (Å²) in [4.78, 5) is 2.39. The first-order chi connectivity index (χ1) is 30.2. The Hall–Kier alpha value is -8.14. The summed E-state index contributed by atoms with van der Waals surface area (Å²) >= 11 is 0. The number of benzene rings is 10. The number of hydrogen-bond acceptors (Lipinski definition) is 3. The molecule has 0 aliphatic carbocycles. The van der Waals surface area contributed by atoms with Gasteiger partial charge in [-0.3, -0.25) is 0 Å². The van der Waals surface area contributed by atoms with Gasteiger partial charge in [-0.05, 0) is 116 Å². The van der Waals surface area contributed by atoms with E-state index in [9.17, 15) is 0 Å². The Morgan fingerprint density at radius 3 is 1.51 bits per heavy atom. The summed E-state index contributed by atoms with van der Waals surface area (Å²) in [6.07, 6.45) is 0. The average molecular weight is 780 g/mol. The van der Waals surface area contributed by atoms with Crippen LogP contribution in [0, 0.1) is 0 Å². The van der Waals surface area contributed by atoms with Crippen molar-refractivity contribution in [1.82, 2.24) is 0 Å². The molecule has 12 rings (SSSR count). The molecule has 3 heteroatoms. The lowest BCUT2D eigenvalue weighted by Gasteiger charge is -2.29. The third-order valence-electron chi connectivity index (χ3n) is 12.1. The van der Waals surface area contributed by atoms with Crippen LogP contribution in [-0.2, 0) is 0 Å². The first-order valence-electron chi connectivity index (χ1n) is 20.7. The second kappa shape index (κ2) is 14.3. The fourth-order valence-electron chi connectivity index (χ4n) is 9.16. The fourth-order valence-corrected chi connectivity index (χ4v) is 9.16. The number of nitrogens with zero attached hydrogens (tertiary/aromatic N) is 1. The maximum atomic E-state index is 6.28. The van der Waals surface area contributed by atoms with Crippen molar-refractivity contribution in [2.45, 2.75) is 0 Å². The molecular weight excluding hydrogens is 743 g/mol. The molecule has 0 N–H and O–H groups in total. The largest absolute Gasteiger partial charge is 0.456 e. The van der Waals surface area contributed by atoms with E-state index in [1.54, 1.807) is 0 Å². The van der Waals surface area contributed by atoms with Crippen LogP contribution in [0.2, 0.25) is 0 Å². The molecule has 12 aromatic rings. The number of para-hydroxylation sites is 3. The number of rotatable bonds is 7. The highest BCUT2D eigenvalue weighted by Crippen LogP contribution is 2.45. The van der Waals surface area contributed by atoms with Gasteiger partial charge in [-0.25, -0.2) is 0 Å². The van der Waals surface area contributed by atoms with Crippen molar-refractivity contribution in [2.24, 2.45) is 0 Å². The van der Waals surface area contributed by atoms with E-state index in [0.29, 0.717) is 0 Å². The van der Waals surface area contributed by atoms with Crippen molar-refractivity contribution >= 4 is 71.7 Å². The minimum absolute atomic E-state index is 0.892. The first-order valence-corrected chi connectivity index (χ1v) is 20.7. The molecule has 286 valence electrons. The molecule has 0 spiro atoms. The molecule has 0 bridgehead atoms. The molecule has 2 aromatic heterocycles. The molecule has 2 heterocycles. The van der Waals surface area contributed by atoms with Gasteiger partial charge in [-0.15, -0.1) is 0 Å². The fraction of sp³-hybridized carbons (Fsp3) is 0. The zero-order valence-corrected chi connectivity index (χ0v) is 33.1. The van der Waals surface area contributed by atoms with Crippen LogP contribution in [-0.4, -0.2) is 0 Å². The summed E-state index contributed by atoms with van der Waals surface area (Å²) in [5.41, 5.74) is 16.1. The zero-order chi connectivity index (χ0) is 40.3. The van der Waals surface area contributed by atoms with E-state index >= 15 is 0 Å². The monoisotopic (exact) mass is 779 g/mol. The van der Waals surface area contributed by atoms with E-state index < -0.39 is 0 Å². The van der Waals surface area contributed by atoms with Crippen LogP contribution in [0.3, 0.4) is 0 Å². The third-order valence-corrected chi connectivity index (χ3v) is 12.1. The van der Waals surface area contributed by atoms with Gasteiger partial charge in [0.1, 0.15) is 22.3 Å². The van der Waals surface area contributed by atoms with Crippen LogP contribution in [0.25, 0.3) is 99.2 Å². The molecule has 0 atom stereocenters. The van der Waals surface area contributed by atoms with Crippen LogP contribution in [0.15, 0.2) is 233 Å². The van der Waals surface area contributed by atoms with E-state index in [0.717, 1.165) is 88.8 Å². The summed E-state index contributed by atoms with van der Waals surface area (Å²) in [5, 5.41) is 6.96. The maximum Gasteiger partial charge on any atom is 0.136 e. The van der Waals surface area contributed by atoms with Gasteiger partial charge in [-0.2, -0.15) is 0 Å². The maximum absolute atomic E-state index is 6.28. The summed E-state index contributed by atoms with van der Waals surface area (Å²) in [6, 6.07) is 80.1. The molecule has 0 saturated heterocycles. The SMILES string of the molecule is c1ccc(-c2cccc3cccc(-c4ccccc4N(c4ccc(-c5ccc6c(c5)oc5ccccc56)cc4)c4ccc(-c5ccc6oc7ccccc7c6c5)cc4)c23)cc1. The second-order valence-corrected chi connectivity index (χ2v) is 15.6. The lowest BCUT2D eigenvalue weighted by atomic mass is 9.90. The predicted octanol–water partition coefficient (Wildman–Crippen LogP) is 16.8.